The summed E-state index contributed by atoms with van der Waals surface area (Å²) >= 11 is 1.58. The van der Waals surface area contributed by atoms with E-state index in [-0.39, 0.29) is 5.91 Å². The van der Waals surface area contributed by atoms with Gasteiger partial charge in [0.1, 0.15) is 0 Å². The number of carbonyl (C=O) groups excluding carboxylic acids is 1. The summed E-state index contributed by atoms with van der Waals surface area (Å²) in [5, 5.41) is 5.34. The van der Waals surface area contributed by atoms with E-state index in [9.17, 15) is 4.79 Å². The predicted octanol–water partition coefficient (Wildman–Crippen LogP) is 1.75. The predicted molar refractivity (Wildman–Crippen MR) is 72.7 cm³/mol. The molecule has 5 heteroatoms. The van der Waals surface area contributed by atoms with E-state index in [1.54, 1.807) is 11.3 Å². The van der Waals surface area contributed by atoms with Crippen LogP contribution in [0.3, 0.4) is 0 Å². The van der Waals surface area contributed by atoms with Crippen molar-refractivity contribution in [1.29, 1.82) is 0 Å². The van der Waals surface area contributed by atoms with Crippen LogP contribution in [0, 0.1) is 5.92 Å². The number of carbonyl (C=O) groups is 1. The van der Waals surface area contributed by atoms with Crippen LogP contribution in [0.15, 0.2) is 11.4 Å². The van der Waals surface area contributed by atoms with Crippen LogP contribution in [0.2, 0.25) is 0 Å². The minimum atomic E-state index is -0.352. The molecule has 1 amide bonds. The van der Waals surface area contributed by atoms with E-state index in [1.807, 2.05) is 11.4 Å². The monoisotopic (exact) mass is 268 g/mol. The number of rotatable bonds is 5. The Morgan fingerprint density at radius 2 is 2.33 bits per heavy atom. The molecule has 0 saturated carbocycles. The van der Waals surface area contributed by atoms with Crippen LogP contribution in [0.5, 0.6) is 0 Å². The van der Waals surface area contributed by atoms with Crippen molar-refractivity contribution in [2.75, 3.05) is 13.2 Å². The Morgan fingerprint density at radius 1 is 1.61 bits per heavy atom. The number of ether oxygens (including phenoxy) is 1. The van der Waals surface area contributed by atoms with E-state index < -0.39 is 0 Å². The molecule has 100 valence electrons. The summed E-state index contributed by atoms with van der Waals surface area (Å²) in [6.45, 7) is 4.78. The standard InChI is InChI=1S/C13H20N2O2S/c1-9(10-2-4-17-5-3-10)15-7-12-6-11(8-18-12)13(14)16/h6,8-10,15H,2-5,7H2,1H3,(H2,14,16). The van der Waals surface area contributed by atoms with Crippen molar-refractivity contribution < 1.29 is 9.53 Å². The Balaban J connectivity index is 1.80. The van der Waals surface area contributed by atoms with Gasteiger partial charge in [0.05, 0.1) is 5.56 Å². The quantitative estimate of drug-likeness (QED) is 0.855. The average Bonchev–Trinajstić information content (AvgIpc) is 2.86. The molecular weight excluding hydrogens is 248 g/mol. The zero-order valence-corrected chi connectivity index (χ0v) is 11.5. The lowest BCUT2D eigenvalue weighted by atomic mass is 9.93. The molecule has 1 atom stereocenters. The van der Waals surface area contributed by atoms with Crippen molar-refractivity contribution in [3.05, 3.63) is 21.9 Å². The lowest BCUT2D eigenvalue weighted by Gasteiger charge is -2.28. The van der Waals surface area contributed by atoms with Gasteiger partial charge < -0.3 is 15.8 Å². The van der Waals surface area contributed by atoms with Gasteiger partial charge in [-0.1, -0.05) is 0 Å². The second kappa shape index (κ2) is 6.31. The number of hydrogen-bond donors (Lipinski definition) is 2. The first-order chi connectivity index (χ1) is 8.66. The van der Waals surface area contributed by atoms with Crippen LogP contribution in [-0.4, -0.2) is 25.2 Å². The summed E-state index contributed by atoms with van der Waals surface area (Å²) in [7, 11) is 0. The summed E-state index contributed by atoms with van der Waals surface area (Å²) in [5.74, 6) is 0.337. The summed E-state index contributed by atoms with van der Waals surface area (Å²) in [6.07, 6.45) is 2.26. The first-order valence-electron chi connectivity index (χ1n) is 6.35. The number of thiophene rings is 1. The van der Waals surface area contributed by atoms with Gasteiger partial charge in [0.15, 0.2) is 0 Å². The van der Waals surface area contributed by atoms with Crippen LogP contribution in [0.4, 0.5) is 0 Å². The van der Waals surface area contributed by atoms with E-state index in [0.29, 0.717) is 17.5 Å². The van der Waals surface area contributed by atoms with Gasteiger partial charge >= 0.3 is 0 Å². The molecule has 3 N–H and O–H groups in total. The molecule has 1 saturated heterocycles. The highest BCUT2D eigenvalue weighted by Crippen LogP contribution is 2.20. The Labute approximate surface area is 112 Å². The highest BCUT2D eigenvalue weighted by atomic mass is 32.1. The molecule has 4 nitrogen and oxygen atoms in total. The molecular formula is C13H20N2O2S. The lowest BCUT2D eigenvalue weighted by Crippen LogP contribution is -2.36. The van der Waals surface area contributed by atoms with Gasteiger partial charge in [-0.25, -0.2) is 0 Å². The summed E-state index contributed by atoms with van der Waals surface area (Å²) in [6, 6.07) is 2.35. The lowest BCUT2D eigenvalue weighted by molar-refractivity contribution is 0.0558. The molecule has 0 radical (unpaired) electrons. The van der Waals surface area contributed by atoms with Gasteiger partial charge in [0.2, 0.25) is 5.91 Å². The topological polar surface area (TPSA) is 64.3 Å². The molecule has 18 heavy (non-hydrogen) atoms. The molecule has 1 aliphatic heterocycles. The molecule has 1 aliphatic rings. The first-order valence-corrected chi connectivity index (χ1v) is 7.23. The smallest absolute Gasteiger partial charge is 0.249 e. The number of nitrogens with two attached hydrogens (primary N) is 1. The van der Waals surface area contributed by atoms with Crippen molar-refractivity contribution in [3.63, 3.8) is 0 Å². The SMILES string of the molecule is CC(NCc1cc(C(N)=O)cs1)C1CCOCC1. The van der Waals surface area contributed by atoms with Gasteiger partial charge in [0, 0.05) is 36.1 Å². The third kappa shape index (κ3) is 3.54. The van der Waals surface area contributed by atoms with Crippen LogP contribution in [-0.2, 0) is 11.3 Å². The van der Waals surface area contributed by atoms with Gasteiger partial charge in [-0.3, -0.25) is 4.79 Å². The molecule has 0 bridgehead atoms. The first kappa shape index (κ1) is 13.5. The normalized spacial score (nSPS) is 18.7. The zero-order chi connectivity index (χ0) is 13.0. The summed E-state index contributed by atoms with van der Waals surface area (Å²) in [4.78, 5) is 12.1. The molecule has 0 aromatic carbocycles. The molecule has 2 rings (SSSR count). The highest BCUT2D eigenvalue weighted by molar-refractivity contribution is 7.10. The van der Waals surface area contributed by atoms with Crippen molar-refractivity contribution in [2.24, 2.45) is 11.7 Å². The van der Waals surface area contributed by atoms with Crippen molar-refractivity contribution in [2.45, 2.75) is 32.4 Å². The Morgan fingerprint density at radius 3 is 2.94 bits per heavy atom. The summed E-state index contributed by atoms with van der Waals surface area (Å²) in [5.41, 5.74) is 5.84. The van der Waals surface area contributed by atoms with E-state index in [1.165, 1.54) is 0 Å². The van der Waals surface area contributed by atoms with Gasteiger partial charge in [-0.15, -0.1) is 11.3 Å². The number of amides is 1. The maximum absolute atomic E-state index is 11.0. The number of nitrogens with one attached hydrogen (secondary N) is 1. The molecule has 1 fully saturated rings. The molecule has 1 aromatic heterocycles. The van der Waals surface area contributed by atoms with Crippen molar-refractivity contribution in [1.82, 2.24) is 5.32 Å². The fourth-order valence-electron chi connectivity index (χ4n) is 2.25. The fourth-order valence-corrected chi connectivity index (χ4v) is 3.07. The summed E-state index contributed by atoms with van der Waals surface area (Å²) < 4.78 is 5.37. The Hall–Kier alpha value is -0.910. The Bertz CT molecular complexity index is 399. The second-order valence-electron chi connectivity index (χ2n) is 4.79. The average molecular weight is 268 g/mol. The third-order valence-corrected chi connectivity index (χ3v) is 4.45. The van der Waals surface area contributed by atoms with Crippen LogP contribution < -0.4 is 11.1 Å². The maximum atomic E-state index is 11.0. The maximum Gasteiger partial charge on any atom is 0.249 e. The fraction of sp³-hybridized carbons (Fsp3) is 0.615. The van der Waals surface area contributed by atoms with Crippen LogP contribution >= 0.6 is 11.3 Å². The van der Waals surface area contributed by atoms with E-state index in [0.717, 1.165) is 37.5 Å². The molecule has 2 heterocycles. The van der Waals surface area contributed by atoms with E-state index >= 15 is 0 Å². The molecule has 0 spiro atoms. The van der Waals surface area contributed by atoms with Crippen molar-refractivity contribution >= 4 is 17.2 Å². The molecule has 1 aromatic rings. The zero-order valence-electron chi connectivity index (χ0n) is 10.6. The van der Waals surface area contributed by atoms with E-state index in [2.05, 4.69) is 12.2 Å². The van der Waals surface area contributed by atoms with Crippen LogP contribution in [0.25, 0.3) is 0 Å². The third-order valence-electron chi connectivity index (χ3n) is 3.51. The minimum Gasteiger partial charge on any atom is -0.381 e. The van der Waals surface area contributed by atoms with Gasteiger partial charge in [-0.2, -0.15) is 0 Å². The van der Waals surface area contributed by atoms with E-state index in [4.69, 9.17) is 10.5 Å². The number of hydrogen-bond acceptors (Lipinski definition) is 4. The Kier molecular flexibility index (Phi) is 4.74. The van der Waals surface area contributed by atoms with Gasteiger partial charge in [-0.05, 0) is 31.7 Å². The van der Waals surface area contributed by atoms with Crippen LogP contribution in [0.1, 0.15) is 35.0 Å². The molecule has 1 unspecified atom stereocenters. The van der Waals surface area contributed by atoms with Gasteiger partial charge in [0.25, 0.3) is 0 Å². The highest BCUT2D eigenvalue weighted by Gasteiger charge is 2.20. The molecule has 0 aliphatic carbocycles. The minimum absolute atomic E-state index is 0.352. The largest absolute Gasteiger partial charge is 0.381 e. The second-order valence-corrected chi connectivity index (χ2v) is 5.78. The number of primary amides is 1. The van der Waals surface area contributed by atoms with Crippen molar-refractivity contribution in [3.8, 4) is 0 Å².